The molecule has 12 nitrogen and oxygen atoms in total. The van der Waals surface area contributed by atoms with Gasteiger partial charge in [-0.25, -0.2) is 13.6 Å². The van der Waals surface area contributed by atoms with Crippen LogP contribution in [0.2, 0.25) is 0 Å². The van der Waals surface area contributed by atoms with Crippen LogP contribution in [0.25, 0.3) is 33.1 Å². The molecule has 61 heavy (non-hydrogen) atoms. The molecular weight excluding hydrogens is 788 g/mol. The highest BCUT2D eigenvalue weighted by atomic mass is 19.2. The Labute approximate surface area is 348 Å². The molecule has 6 aromatic rings. The van der Waals surface area contributed by atoms with E-state index in [-0.39, 0.29) is 36.5 Å². The number of hydrogen-bond acceptors (Lipinski definition) is 7. The highest BCUT2D eigenvalue weighted by molar-refractivity contribution is 6.00. The summed E-state index contributed by atoms with van der Waals surface area (Å²) in [6.45, 7) is 3.02. The quantitative estimate of drug-likeness (QED) is 0.104. The van der Waals surface area contributed by atoms with Gasteiger partial charge in [0, 0.05) is 44.7 Å². The van der Waals surface area contributed by atoms with Gasteiger partial charge in [-0.15, -0.1) is 0 Å². The van der Waals surface area contributed by atoms with Gasteiger partial charge < -0.3 is 10.4 Å². The van der Waals surface area contributed by atoms with Crippen LogP contribution in [-0.2, 0) is 36.0 Å². The third kappa shape index (κ3) is 7.82. The lowest BCUT2D eigenvalue weighted by Gasteiger charge is -2.29. The number of hydrogen-bond donors (Lipinski definition) is 3. The highest BCUT2D eigenvalue weighted by Gasteiger charge is 2.32. The SMILES string of the molecule is Cn1c(=O)n(C2CCC(=O)NC2=O)c2ccc(CCCN3CCc4ccc(-c5ccc6cn([C@H]7CC[C@H](CNC(=O)c8cc(F)c(O)c(F)c8F)CC7)nc6c5)cc4C3)cc21. The van der Waals surface area contributed by atoms with E-state index in [0.717, 1.165) is 97.7 Å². The van der Waals surface area contributed by atoms with E-state index in [1.165, 1.54) is 15.7 Å². The lowest BCUT2D eigenvalue weighted by Crippen LogP contribution is -2.44. The van der Waals surface area contributed by atoms with Gasteiger partial charge in [-0.2, -0.15) is 9.49 Å². The molecule has 15 heteroatoms. The zero-order chi connectivity index (χ0) is 42.5. The van der Waals surface area contributed by atoms with Crippen LogP contribution in [0.1, 0.15) is 84.1 Å². The second-order valence-electron chi connectivity index (χ2n) is 16.8. The average molecular weight is 834 g/mol. The number of amides is 3. The minimum Gasteiger partial charge on any atom is -0.503 e. The van der Waals surface area contributed by atoms with E-state index in [4.69, 9.17) is 5.10 Å². The zero-order valence-electron chi connectivity index (χ0n) is 33.7. The van der Waals surface area contributed by atoms with Crippen molar-refractivity contribution in [2.24, 2.45) is 13.0 Å². The number of aromatic hydroxyl groups is 1. The summed E-state index contributed by atoms with van der Waals surface area (Å²) in [5.41, 5.74) is 7.37. The number of benzene rings is 4. The maximum atomic E-state index is 14.2. The van der Waals surface area contributed by atoms with Crippen LogP contribution in [0, 0.1) is 23.4 Å². The number of halogens is 3. The van der Waals surface area contributed by atoms with E-state index in [1.54, 1.807) is 11.6 Å². The minimum absolute atomic E-state index is 0.119. The first kappa shape index (κ1) is 40.2. The number of phenols is 1. The van der Waals surface area contributed by atoms with Crippen LogP contribution in [0.4, 0.5) is 13.2 Å². The van der Waals surface area contributed by atoms with E-state index in [1.807, 2.05) is 22.9 Å². The van der Waals surface area contributed by atoms with E-state index < -0.39 is 46.6 Å². The second kappa shape index (κ2) is 16.3. The van der Waals surface area contributed by atoms with Gasteiger partial charge in [-0.05, 0) is 122 Å². The Morgan fingerprint density at radius 3 is 2.48 bits per heavy atom. The summed E-state index contributed by atoms with van der Waals surface area (Å²) in [6.07, 6.45) is 8.60. The van der Waals surface area contributed by atoms with Gasteiger partial charge in [0.15, 0.2) is 17.4 Å². The number of aryl methyl sites for hydroxylation is 2. The van der Waals surface area contributed by atoms with E-state index in [2.05, 4.69) is 58.1 Å². The smallest absolute Gasteiger partial charge is 0.329 e. The molecule has 2 aromatic heterocycles. The third-order valence-corrected chi connectivity index (χ3v) is 12.9. The number of fused-ring (bicyclic) bond motifs is 3. The molecule has 316 valence electrons. The predicted octanol–water partition coefficient (Wildman–Crippen LogP) is 6.61. The van der Waals surface area contributed by atoms with Gasteiger partial charge in [0.25, 0.3) is 5.91 Å². The summed E-state index contributed by atoms with van der Waals surface area (Å²) in [4.78, 5) is 52.5. The molecule has 4 aromatic carbocycles. The van der Waals surface area contributed by atoms with E-state index in [0.29, 0.717) is 18.0 Å². The number of imide groups is 1. The summed E-state index contributed by atoms with van der Waals surface area (Å²) in [7, 11) is 1.72. The fraction of sp³-hybridized carbons (Fsp3) is 0.370. The van der Waals surface area contributed by atoms with Crippen molar-refractivity contribution in [3.8, 4) is 16.9 Å². The molecule has 1 aliphatic carbocycles. The number of aromatic nitrogens is 4. The fourth-order valence-corrected chi connectivity index (χ4v) is 9.39. The van der Waals surface area contributed by atoms with Crippen molar-refractivity contribution in [2.45, 2.75) is 76.4 Å². The fourth-order valence-electron chi connectivity index (χ4n) is 9.39. The van der Waals surface area contributed by atoms with Crippen LogP contribution in [0.15, 0.2) is 71.7 Å². The Morgan fingerprint density at radius 2 is 1.67 bits per heavy atom. The Morgan fingerprint density at radius 1 is 0.885 bits per heavy atom. The monoisotopic (exact) mass is 833 g/mol. The van der Waals surface area contributed by atoms with Gasteiger partial charge in [-0.3, -0.25) is 38.4 Å². The first-order valence-corrected chi connectivity index (χ1v) is 20.9. The van der Waals surface area contributed by atoms with Gasteiger partial charge in [0.05, 0.1) is 28.2 Å². The molecule has 1 saturated heterocycles. The molecular formula is C46H46F3N7O5. The molecule has 4 heterocycles. The number of imidazole rings is 1. The van der Waals surface area contributed by atoms with Gasteiger partial charge in [-0.1, -0.05) is 30.3 Å². The molecule has 3 N–H and O–H groups in total. The molecule has 0 spiro atoms. The molecule has 1 atom stereocenters. The lowest BCUT2D eigenvalue weighted by atomic mass is 9.86. The number of nitrogens with zero attached hydrogens (tertiary/aromatic N) is 5. The van der Waals surface area contributed by atoms with Crippen LogP contribution in [0.3, 0.4) is 0 Å². The molecule has 1 saturated carbocycles. The lowest BCUT2D eigenvalue weighted by molar-refractivity contribution is -0.135. The van der Waals surface area contributed by atoms with E-state index >= 15 is 0 Å². The summed E-state index contributed by atoms with van der Waals surface area (Å²) in [5.74, 6) is -7.76. The van der Waals surface area contributed by atoms with Crippen molar-refractivity contribution >= 4 is 39.7 Å². The minimum atomic E-state index is -1.78. The topological polar surface area (TPSA) is 143 Å². The molecule has 1 unspecified atom stereocenters. The largest absolute Gasteiger partial charge is 0.503 e. The molecule has 0 radical (unpaired) electrons. The summed E-state index contributed by atoms with van der Waals surface area (Å²) in [6, 6.07) is 19.1. The van der Waals surface area contributed by atoms with E-state index in [9.17, 15) is 37.5 Å². The molecule has 2 fully saturated rings. The number of carbonyl (C=O) groups is 3. The number of piperidine rings is 1. The molecule has 2 aliphatic heterocycles. The number of phenolic OH excluding ortho intramolecular Hbond substituents is 1. The summed E-state index contributed by atoms with van der Waals surface area (Å²) in [5, 5.41) is 20.2. The Hall–Kier alpha value is -6.22. The van der Waals surface area contributed by atoms with Crippen LogP contribution in [0.5, 0.6) is 5.75 Å². The second-order valence-corrected chi connectivity index (χ2v) is 16.8. The highest BCUT2D eigenvalue weighted by Crippen LogP contribution is 2.34. The maximum Gasteiger partial charge on any atom is 0.329 e. The molecule has 3 aliphatic rings. The van der Waals surface area contributed by atoms with Gasteiger partial charge >= 0.3 is 5.69 Å². The molecule has 0 bridgehead atoms. The average Bonchev–Trinajstić information content (AvgIpc) is 3.80. The van der Waals surface area contributed by atoms with Crippen molar-refractivity contribution in [1.82, 2.24) is 34.4 Å². The molecule has 9 rings (SSSR count). The Kier molecular flexibility index (Phi) is 10.8. The molecule has 3 amide bonds. The number of carbonyl (C=O) groups excluding carboxylic acids is 3. The first-order valence-electron chi connectivity index (χ1n) is 20.9. The van der Waals surface area contributed by atoms with Crippen LogP contribution >= 0.6 is 0 Å². The Bertz CT molecular complexity index is 2790. The summed E-state index contributed by atoms with van der Waals surface area (Å²) < 4.78 is 46.8. The van der Waals surface area contributed by atoms with Crippen molar-refractivity contribution in [3.63, 3.8) is 0 Å². The van der Waals surface area contributed by atoms with Gasteiger partial charge in [0.2, 0.25) is 17.6 Å². The van der Waals surface area contributed by atoms with Crippen LogP contribution < -0.4 is 16.3 Å². The van der Waals surface area contributed by atoms with Crippen molar-refractivity contribution in [3.05, 3.63) is 117 Å². The standard InChI is InChI=1S/C46H46F3N7O5/c1-53-39-19-26(6-13-37(39)56(46(53)61)38-14-15-40(57)51-45(38)60)3-2-17-54-18-16-28-7-8-29(20-32(28)24-54)30-9-10-31-25-55(52-36(31)21-30)33-11-4-27(5-12-33)23-50-44(59)34-22-35(47)43(58)42(49)41(34)48/h6-10,13,19-22,25,27,33,38,58H,2-5,11-12,14-18,23-24H2,1H3,(H,50,59)(H,51,57,60)/t27-,33-,38?. The first-order chi connectivity index (χ1) is 29.4. The van der Waals surface area contributed by atoms with Crippen molar-refractivity contribution in [2.75, 3.05) is 19.6 Å². The Balaban J connectivity index is 0.793. The number of nitrogens with one attached hydrogen (secondary N) is 2. The third-order valence-electron chi connectivity index (χ3n) is 12.9. The van der Waals surface area contributed by atoms with Crippen molar-refractivity contribution in [1.29, 1.82) is 0 Å². The van der Waals surface area contributed by atoms with Gasteiger partial charge in [0.1, 0.15) is 6.04 Å². The predicted molar refractivity (Wildman–Crippen MR) is 222 cm³/mol. The zero-order valence-corrected chi connectivity index (χ0v) is 33.7. The van der Waals surface area contributed by atoms with Crippen LogP contribution in [-0.4, -0.2) is 66.3 Å². The summed E-state index contributed by atoms with van der Waals surface area (Å²) >= 11 is 0. The number of rotatable bonds is 10. The maximum absolute atomic E-state index is 14.2. The normalized spacial score (nSPS) is 19.6. The van der Waals surface area contributed by atoms with Crippen molar-refractivity contribution < 1.29 is 32.7 Å².